The fourth-order valence-electron chi connectivity index (χ4n) is 0. The van der Waals surface area contributed by atoms with E-state index in [2.05, 4.69) is 0 Å². The first-order chi connectivity index (χ1) is 4.00. The summed E-state index contributed by atoms with van der Waals surface area (Å²) in [5, 5.41) is 0. The predicted octanol–water partition coefficient (Wildman–Crippen LogP) is 1.87. The Bertz CT molecular complexity index is 73.5. The Morgan fingerprint density at radius 2 is 1.56 bits per heavy atom. The van der Waals surface area contributed by atoms with Crippen molar-refractivity contribution in [1.29, 1.82) is 0 Å². The van der Waals surface area contributed by atoms with E-state index in [4.69, 9.17) is 0 Å². The van der Waals surface area contributed by atoms with Crippen molar-refractivity contribution in [3.05, 3.63) is 0 Å². The van der Waals surface area contributed by atoms with Gasteiger partial charge < -0.3 is 4.79 Å². The topological polar surface area (TPSA) is 17.1 Å². The van der Waals surface area contributed by atoms with Crippen molar-refractivity contribution in [3.63, 3.8) is 0 Å². The molecule has 0 saturated carbocycles. The van der Waals surface area contributed by atoms with Gasteiger partial charge in [-0.2, -0.15) is 0 Å². The van der Waals surface area contributed by atoms with Crippen molar-refractivity contribution in [2.45, 2.75) is 20.3 Å². The molecule has 0 unspecified atom stereocenters. The number of hydrogen-bond donors (Lipinski definition) is 0. The van der Waals surface area contributed by atoms with Gasteiger partial charge >= 0.3 is 7.54 Å². The van der Waals surface area contributed by atoms with Gasteiger partial charge in [-0.05, 0) is 6.92 Å². The molecule has 0 amide bonds. The maximum Gasteiger partial charge on any atom is 0.762 e. The first kappa shape index (κ1) is 11.3. The Morgan fingerprint density at radius 1 is 1.44 bits per heavy atom. The van der Waals surface area contributed by atoms with E-state index in [0.29, 0.717) is 6.42 Å². The van der Waals surface area contributed by atoms with Crippen LogP contribution in [-0.4, -0.2) is 13.3 Å². The van der Waals surface area contributed by atoms with Crippen LogP contribution < -0.4 is 0 Å². The molecule has 0 heterocycles. The zero-order chi connectivity index (χ0) is 7.86. The van der Waals surface area contributed by atoms with Crippen LogP contribution in [0.25, 0.3) is 0 Å². The second kappa shape index (κ2) is 7.52. The van der Waals surface area contributed by atoms with Gasteiger partial charge in [-0.3, -0.25) is 12.9 Å². The van der Waals surface area contributed by atoms with Gasteiger partial charge in [-0.1, -0.05) is 6.92 Å². The Morgan fingerprint density at radius 3 is 1.56 bits per heavy atom. The highest BCUT2D eigenvalue weighted by atomic mass is 19.4. The third-order valence-electron chi connectivity index (χ3n) is 0.498. The minimum Gasteiger partial charge on any atom is -0.300 e. The summed E-state index contributed by atoms with van der Waals surface area (Å²) < 4.78 is 29.0. The molecule has 0 rings (SSSR count). The van der Waals surface area contributed by atoms with E-state index < -0.39 is 7.54 Å². The molecule has 0 spiro atoms. The molecule has 1 nitrogen and oxygen atoms in total. The zero-order valence-electron chi connectivity index (χ0n) is 5.33. The maximum absolute atomic E-state index is 9.81. The van der Waals surface area contributed by atoms with Crippen molar-refractivity contribution < 1.29 is 17.7 Å². The number of halogens is 3. The van der Waals surface area contributed by atoms with Crippen LogP contribution in [0.1, 0.15) is 20.3 Å². The number of hydrogen-bond acceptors (Lipinski definition) is 1. The Hall–Kier alpha value is -0.475. The summed E-state index contributed by atoms with van der Waals surface area (Å²) >= 11 is 0. The summed E-state index contributed by atoms with van der Waals surface area (Å²) in [5.41, 5.74) is 0. The molecule has 5 heteroatoms. The molecule has 0 aliphatic heterocycles. The molecule has 0 aromatic rings. The van der Waals surface area contributed by atoms with Crippen LogP contribution in [0, 0.1) is 0 Å². The molecule has 0 aromatic carbocycles. The van der Waals surface area contributed by atoms with Crippen LogP contribution >= 0.6 is 0 Å². The van der Waals surface area contributed by atoms with Crippen LogP contribution in [0.2, 0.25) is 0 Å². The van der Waals surface area contributed by atoms with Gasteiger partial charge in [0, 0.05) is 6.42 Å². The molecule has 0 radical (unpaired) electrons. The van der Waals surface area contributed by atoms with Gasteiger partial charge in [0.25, 0.3) is 0 Å². The second-order valence-corrected chi connectivity index (χ2v) is 1.30. The molecular formula is C4H8BF3O. The summed E-state index contributed by atoms with van der Waals surface area (Å²) in [7, 11) is -3.67. The SMILES string of the molecule is CCC(C)=O.FB(F)F. The fourth-order valence-corrected chi connectivity index (χ4v) is 0. The third kappa shape index (κ3) is 98.8. The quantitative estimate of drug-likeness (QED) is 0.508. The molecule has 0 aromatic heterocycles. The fraction of sp³-hybridized carbons (Fsp3) is 0.750. The van der Waals surface area contributed by atoms with Crippen molar-refractivity contribution >= 4 is 13.3 Å². The average molecular weight is 140 g/mol. The van der Waals surface area contributed by atoms with E-state index in [-0.39, 0.29) is 5.78 Å². The smallest absolute Gasteiger partial charge is 0.300 e. The van der Waals surface area contributed by atoms with E-state index in [0.717, 1.165) is 0 Å². The number of rotatable bonds is 1. The molecule has 0 bridgehead atoms. The third-order valence-corrected chi connectivity index (χ3v) is 0.498. The molecule has 0 saturated heterocycles. The van der Waals surface area contributed by atoms with Crippen molar-refractivity contribution in [2.24, 2.45) is 0 Å². The van der Waals surface area contributed by atoms with Gasteiger partial charge in [-0.25, -0.2) is 0 Å². The Balaban J connectivity index is 0. The Kier molecular flexibility index (Phi) is 9.48. The average Bonchev–Trinajstić information content (AvgIpc) is 1.65. The lowest BCUT2D eigenvalue weighted by Gasteiger charge is -1.71. The Labute approximate surface area is 52.5 Å². The number of carbonyl (C=O) groups excluding carboxylic acids is 1. The van der Waals surface area contributed by atoms with E-state index in [1.54, 1.807) is 6.92 Å². The maximum atomic E-state index is 9.81. The minimum absolute atomic E-state index is 0.255. The molecule has 0 aliphatic rings. The summed E-state index contributed by atoms with van der Waals surface area (Å²) in [4.78, 5) is 9.81. The largest absolute Gasteiger partial charge is 0.762 e. The van der Waals surface area contributed by atoms with Gasteiger partial charge in [0.05, 0.1) is 0 Å². The number of carbonyl (C=O) groups is 1. The molecule has 0 N–H and O–H groups in total. The van der Waals surface area contributed by atoms with Crippen LogP contribution in [0.15, 0.2) is 0 Å². The predicted molar refractivity (Wildman–Crippen MR) is 30.0 cm³/mol. The normalized spacial score (nSPS) is 7.22. The van der Waals surface area contributed by atoms with E-state index in [9.17, 15) is 17.7 Å². The molecule has 9 heavy (non-hydrogen) atoms. The monoisotopic (exact) mass is 140 g/mol. The van der Waals surface area contributed by atoms with E-state index >= 15 is 0 Å². The highest BCUT2D eigenvalue weighted by Crippen LogP contribution is 1.80. The lowest BCUT2D eigenvalue weighted by molar-refractivity contribution is -0.116. The van der Waals surface area contributed by atoms with Gasteiger partial charge in [0.2, 0.25) is 0 Å². The molecular weight excluding hydrogens is 132 g/mol. The highest BCUT2D eigenvalue weighted by Gasteiger charge is 2.06. The van der Waals surface area contributed by atoms with Gasteiger partial charge in [0.15, 0.2) is 0 Å². The van der Waals surface area contributed by atoms with Gasteiger partial charge in [0.1, 0.15) is 5.78 Å². The summed E-state index contributed by atoms with van der Waals surface area (Å²) in [5.74, 6) is 0.255. The van der Waals surface area contributed by atoms with E-state index in [1.165, 1.54) is 0 Å². The molecule has 0 fully saturated rings. The molecule has 0 atom stereocenters. The molecule has 54 valence electrons. The number of Topliss-reactive ketones (excluding diaryl/α,β-unsaturated/α-hetero) is 1. The zero-order valence-corrected chi connectivity index (χ0v) is 5.33. The highest BCUT2D eigenvalue weighted by molar-refractivity contribution is 6.33. The van der Waals surface area contributed by atoms with E-state index in [1.807, 2.05) is 6.92 Å². The van der Waals surface area contributed by atoms with Crippen molar-refractivity contribution in [1.82, 2.24) is 0 Å². The summed E-state index contributed by atoms with van der Waals surface area (Å²) in [6.45, 7) is 3.43. The minimum atomic E-state index is -3.67. The number of ketones is 1. The van der Waals surface area contributed by atoms with Gasteiger partial charge in [-0.15, -0.1) is 0 Å². The standard InChI is InChI=1S/C4H8O.BF3/c1-3-4(2)5;2-1(3)4/h3H2,1-2H3;. The molecule has 0 aliphatic carbocycles. The van der Waals surface area contributed by atoms with Crippen LogP contribution in [0.4, 0.5) is 12.9 Å². The van der Waals surface area contributed by atoms with Crippen molar-refractivity contribution in [2.75, 3.05) is 0 Å². The summed E-state index contributed by atoms with van der Waals surface area (Å²) in [6, 6.07) is 0. The first-order valence-electron chi connectivity index (χ1n) is 2.42. The summed E-state index contributed by atoms with van der Waals surface area (Å²) in [6.07, 6.45) is 0.667. The van der Waals surface area contributed by atoms with Crippen LogP contribution in [0.3, 0.4) is 0 Å². The lowest BCUT2D eigenvalue weighted by atomic mass is 10.4. The first-order valence-corrected chi connectivity index (χ1v) is 2.42. The van der Waals surface area contributed by atoms with Crippen molar-refractivity contribution in [3.8, 4) is 0 Å². The van der Waals surface area contributed by atoms with Crippen LogP contribution in [0.5, 0.6) is 0 Å². The van der Waals surface area contributed by atoms with Crippen LogP contribution in [-0.2, 0) is 4.79 Å². The second-order valence-electron chi connectivity index (χ2n) is 1.30. The lowest BCUT2D eigenvalue weighted by Crippen LogP contribution is -1.80.